The number of para-hydroxylation sites is 2. The van der Waals surface area contributed by atoms with Gasteiger partial charge in [0, 0.05) is 11.8 Å². The molecule has 0 aliphatic heterocycles. The number of amides is 1. The number of benzene rings is 3. The SMILES string of the molecule is CC(C)(C)c1ccc(C=CC(=O)Nc2ccc(S(=O)(=O)Nc3cnc4ccccc4n3)cc2)cc1. The molecule has 1 aromatic heterocycles. The highest BCUT2D eigenvalue weighted by molar-refractivity contribution is 7.92. The van der Waals surface area contributed by atoms with Crippen LogP contribution in [0.1, 0.15) is 31.9 Å². The first-order valence-corrected chi connectivity index (χ1v) is 12.5. The maximum atomic E-state index is 12.7. The van der Waals surface area contributed by atoms with E-state index < -0.39 is 10.0 Å². The summed E-state index contributed by atoms with van der Waals surface area (Å²) in [5.74, 6) is -0.188. The Balaban J connectivity index is 1.39. The van der Waals surface area contributed by atoms with Gasteiger partial charge in [0.1, 0.15) is 0 Å². The first kappa shape index (κ1) is 24.1. The Morgan fingerprint density at radius 2 is 1.54 bits per heavy atom. The summed E-state index contributed by atoms with van der Waals surface area (Å²) in [6, 6.07) is 21.1. The van der Waals surface area contributed by atoms with Crippen LogP contribution in [0.15, 0.2) is 90.0 Å². The number of carbonyl (C=O) groups is 1. The highest BCUT2D eigenvalue weighted by atomic mass is 32.2. The minimum Gasteiger partial charge on any atom is -0.323 e. The van der Waals surface area contributed by atoms with Gasteiger partial charge in [-0.25, -0.2) is 13.4 Å². The van der Waals surface area contributed by atoms with Crippen LogP contribution in [0.4, 0.5) is 11.5 Å². The van der Waals surface area contributed by atoms with Gasteiger partial charge >= 0.3 is 0 Å². The fraction of sp³-hybridized carbons (Fsp3) is 0.148. The van der Waals surface area contributed by atoms with E-state index >= 15 is 0 Å². The molecule has 0 saturated heterocycles. The van der Waals surface area contributed by atoms with Crippen molar-refractivity contribution in [1.29, 1.82) is 0 Å². The molecule has 0 spiro atoms. The van der Waals surface area contributed by atoms with Gasteiger partial charge in [-0.15, -0.1) is 0 Å². The van der Waals surface area contributed by atoms with E-state index in [2.05, 4.69) is 40.8 Å². The average Bonchev–Trinajstić information content (AvgIpc) is 2.82. The summed E-state index contributed by atoms with van der Waals surface area (Å²) in [6.45, 7) is 6.44. The second kappa shape index (κ2) is 9.68. The second-order valence-corrected chi connectivity index (χ2v) is 10.8. The Bertz CT molecular complexity index is 1490. The van der Waals surface area contributed by atoms with Gasteiger partial charge in [-0.3, -0.25) is 14.5 Å². The lowest BCUT2D eigenvalue weighted by molar-refractivity contribution is -0.111. The molecule has 0 bridgehead atoms. The fourth-order valence-corrected chi connectivity index (χ4v) is 4.36. The molecule has 178 valence electrons. The molecule has 35 heavy (non-hydrogen) atoms. The number of aromatic nitrogens is 2. The Hall–Kier alpha value is -4.04. The first-order chi connectivity index (χ1) is 16.6. The van der Waals surface area contributed by atoms with Gasteiger partial charge in [-0.05, 0) is 59.0 Å². The summed E-state index contributed by atoms with van der Waals surface area (Å²) in [5, 5.41) is 2.73. The van der Waals surface area contributed by atoms with E-state index in [0.29, 0.717) is 16.7 Å². The molecule has 0 fully saturated rings. The smallest absolute Gasteiger partial charge is 0.263 e. The molecule has 0 atom stereocenters. The Morgan fingerprint density at radius 3 is 2.20 bits per heavy atom. The molecule has 8 heteroatoms. The summed E-state index contributed by atoms with van der Waals surface area (Å²) < 4.78 is 27.9. The van der Waals surface area contributed by atoms with Crippen molar-refractivity contribution in [3.63, 3.8) is 0 Å². The van der Waals surface area contributed by atoms with Crippen LogP contribution in [0.3, 0.4) is 0 Å². The molecule has 2 N–H and O–H groups in total. The monoisotopic (exact) mass is 486 g/mol. The number of rotatable bonds is 6. The third-order valence-corrected chi connectivity index (χ3v) is 6.69. The molecule has 4 rings (SSSR count). The fourth-order valence-electron chi connectivity index (χ4n) is 3.37. The molecule has 3 aromatic carbocycles. The first-order valence-electron chi connectivity index (χ1n) is 11.0. The van der Waals surface area contributed by atoms with Gasteiger partial charge in [-0.2, -0.15) is 0 Å². The summed E-state index contributed by atoms with van der Waals surface area (Å²) in [4.78, 5) is 20.8. The minimum atomic E-state index is -3.87. The molecule has 1 amide bonds. The van der Waals surface area contributed by atoms with Crippen molar-refractivity contribution < 1.29 is 13.2 Å². The quantitative estimate of drug-likeness (QED) is 0.356. The van der Waals surface area contributed by atoms with Crippen molar-refractivity contribution in [2.45, 2.75) is 31.1 Å². The highest BCUT2D eigenvalue weighted by Crippen LogP contribution is 2.23. The van der Waals surface area contributed by atoms with E-state index in [0.717, 1.165) is 5.56 Å². The number of hydrogen-bond donors (Lipinski definition) is 2. The lowest BCUT2D eigenvalue weighted by atomic mass is 9.87. The van der Waals surface area contributed by atoms with Crippen LogP contribution in [0, 0.1) is 0 Å². The maximum absolute atomic E-state index is 12.7. The standard InChI is InChI=1S/C27H26N4O3S/c1-27(2,3)20-11-8-19(9-12-20)10-17-26(32)29-21-13-15-22(16-14-21)35(33,34)31-25-18-28-23-6-4-5-7-24(23)30-25/h4-18H,1-3H3,(H,29,32)(H,30,31). The summed E-state index contributed by atoms with van der Waals surface area (Å²) >= 11 is 0. The van der Waals surface area contributed by atoms with Crippen LogP contribution in [-0.2, 0) is 20.2 Å². The predicted molar refractivity (Wildman–Crippen MR) is 140 cm³/mol. The molecule has 0 radical (unpaired) electrons. The van der Waals surface area contributed by atoms with Gasteiger partial charge < -0.3 is 5.32 Å². The van der Waals surface area contributed by atoms with Crippen LogP contribution in [0.5, 0.6) is 0 Å². The van der Waals surface area contributed by atoms with Gasteiger partial charge in [0.15, 0.2) is 5.82 Å². The number of nitrogens with one attached hydrogen (secondary N) is 2. The molecule has 7 nitrogen and oxygen atoms in total. The predicted octanol–water partition coefficient (Wildman–Crippen LogP) is 5.38. The largest absolute Gasteiger partial charge is 0.323 e. The molecular weight excluding hydrogens is 460 g/mol. The van der Waals surface area contributed by atoms with E-state index in [1.54, 1.807) is 24.3 Å². The molecule has 0 aliphatic carbocycles. The number of carbonyl (C=O) groups excluding carboxylic acids is 1. The third-order valence-electron chi connectivity index (χ3n) is 5.32. The Labute approximate surface area is 205 Å². The second-order valence-electron chi connectivity index (χ2n) is 9.07. The van der Waals surface area contributed by atoms with Crippen molar-refractivity contribution in [2.24, 2.45) is 0 Å². The molecule has 0 saturated carbocycles. The molecule has 4 aromatic rings. The van der Waals surface area contributed by atoms with Crippen molar-refractivity contribution in [3.8, 4) is 0 Å². The average molecular weight is 487 g/mol. The molecule has 1 heterocycles. The number of anilines is 2. The Kier molecular flexibility index (Phi) is 6.66. The highest BCUT2D eigenvalue weighted by Gasteiger charge is 2.16. The number of nitrogens with zero attached hydrogens (tertiary/aromatic N) is 2. The van der Waals surface area contributed by atoms with E-state index in [9.17, 15) is 13.2 Å². The topological polar surface area (TPSA) is 101 Å². The number of sulfonamides is 1. The molecule has 0 unspecified atom stereocenters. The lowest BCUT2D eigenvalue weighted by Crippen LogP contribution is -2.14. The van der Waals surface area contributed by atoms with Crippen LogP contribution in [0.25, 0.3) is 17.1 Å². The third kappa shape index (κ3) is 6.10. The lowest BCUT2D eigenvalue weighted by Gasteiger charge is -2.18. The van der Waals surface area contributed by atoms with Crippen molar-refractivity contribution in [2.75, 3.05) is 10.0 Å². The zero-order chi connectivity index (χ0) is 25.1. The zero-order valence-corrected chi connectivity index (χ0v) is 20.5. The van der Waals surface area contributed by atoms with Gasteiger partial charge in [0.05, 0.1) is 22.1 Å². The van der Waals surface area contributed by atoms with Gasteiger partial charge in [0.25, 0.3) is 10.0 Å². The van der Waals surface area contributed by atoms with Crippen molar-refractivity contribution in [1.82, 2.24) is 9.97 Å². The van der Waals surface area contributed by atoms with E-state index in [1.165, 1.54) is 42.1 Å². The maximum Gasteiger partial charge on any atom is 0.263 e. The van der Waals surface area contributed by atoms with Gasteiger partial charge in [0.2, 0.25) is 5.91 Å². The van der Waals surface area contributed by atoms with E-state index in [-0.39, 0.29) is 22.0 Å². The van der Waals surface area contributed by atoms with Gasteiger partial charge in [-0.1, -0.05) is 57.2 Å². The van der Waals surface area contributed by atoms with Crippen molar-refractivity contribution in [3.05, 3.63) is 96.2 Å². The Morgan fingerprint density at radius 1 is 0.886 bits per heavy atom. The normalized spacial score (nSPS) is 12.1. The molecule has 0 aliphatic rings. The summed E-state index contributed by atoms with van der Waals surface area (Å²) in [5.41, 5.74) is 3.94. The summed E-state index contributed by atoms with van der Waals surface area (Å²) in [6.07, 6.45) is 4.54. The van der Waals surface area contributed by atoms with Crippen LogP contribution < -0.4 is 10.0 Å². The summed E-state index contributed by atoms with van der Waals surface area (Å²) in [7, 11) is -3.87. The van der Waals surface area contributed by atoms with Crippen LogP contribution in [-0.4, -0.2) is 24.3 Å². The zero-order valence-electron chi connectivity index (χ0n) is 19.7. The minimum absolute atomic E-state index is 0.0416. The number of fused-ring (bicyclic) bond motifs is 1. The van der Waals surface area contributed by atoms with Crippen LogP contribution in [0.2, 0.25) is 0 Å². The molecular formula is C27H26N4O3S. The van der Waals surface area contributed by atoms with Crippen LogP contribution >= 0.6 is 0 Å². The number of hydrogen-bond acceptors (Lipinski definition) is 5. The van der Waals surface area contributed by atoms with Crippen molar-refractivity contribution >= 4 is 44.5 Å². The van der Waals surface area contributed by atoms with E-state index in [1.807, 2.05) is 30.3 Å². The van der Waals surface area contributed by atoms with E-state index in [4.69, 9.17) is 0 Å².